The fraction of sp³-hybridized carbons (Fsp3) is 0.111. The van der Waals surface area contributed by atoms with Crippen molar-refractivity contribution in [3.8, 4) is 0 Å². The number of halogens is 2. The van der Waals surface area contributed by atoms with Crippen LogP contribution in [0.15, 0.2) is 60.9 Å². The molecule has 0 saturated heterocycles. The van der Waals surface area contributed by atoms with Gasteiger partial charge in [-0.05, 0) is 48.4 Å². The lowest BCUT2D eigenvalue weighted by atomic mass is 10.1. The van der Waals surface area contributed by atoms with Crippen LogP contribution in [0.5, 0.6) is 0 Å². The minimum absolute atomic E-state index is 0.237. The van der Waals surface area contributed by atoms with E-state index in [4.69, 9.17) is 0 Å². The van der Waals surface area contributed by atoms with E-state index in [1.54, 1.807) is 30.3 Å². The van der Waals surface area contributed by atoms with E-state index in [0.717, 1.165) is 17.7 Å². The standard InChI is InChI=1S/C18H16F2N4/c19-14-3-1-13(2-4-14)9-10-21-17-11-18(23-12-22-17)24-16-7-5-15(20)6-8-16/h1-8,11-12H,9-10H2,(H2,21,22,23,24). The minimum atomic E-state index is -0.286. The SMILES string of the molecule is Fc1ccc(CCNc2cc(Nc3ccc(F)cc3)ncn2)cc1. The van der Waals surface area contributed by atoms with Crippen LogP contribution in [0.2, 0.25) is 0 Å². The predicted octanol–water partition coefficient (Wildman–Crippen LogP) is 4.15. The third-order valence-corrected chi connectivity index (χ3v) is 3.42. The lowest BCUT2D eigenvalue weighted by Crippen LogP contribution is -2.07. The van der Waals surface area contributed by atoms with Crippen LogP contribution in [-0.2, 0) is 6.42 Å². The van der Waals surface area contributed by atoms with Crippen molar-refractivity contribution in [2.45, 2.75) is 6.42 Å². The molecule has 1 heterocycles. The number of hydrogen-bond donors (Lipinski definition) is 2. The summed E-state index contributed by atoms with van der Waals surface area (Å²) in [6.45, 7) is 0.665. The number of aromatic nitrogens is 2. The summed E-state index contributed by atoms with van der Waals surface area (Å²) in [6, 6.07) is 14.2. The molecule has 6 heteroatoms. The maximum absolute atomic E-state index is 12.9. The van der Waals surface area contributed by atoms with E-state index in [1.165, 1.54) is 30.6 Å². The van der Waals surface area contributed by atoms with E-state index in [0.29, 0.717) is 18.2 Å². The Morgan fingerprint density at radius 3 is 2.12 bits per heavy atom. The van der Waals surface area contributed by atoms with Crippen molar-refractivity contribution in [3.63, 3.8) is 0 Å². The van der Waals surface area contributed by atoms with Gasteiger partial charge in [0.2, 0.25) is 0 Å². The third kappa shape index (κ3) is 4.49. The van der Waals surface area contributed by atoms with Crippen LogP contribution >= 0.6 is 0 Å². The monoisotopic (exact) mass is 326 g/mol. The first kappa shape index (κ1) is 15.9. The van der Waals surface area contributed by atoms with Gasteiger partial charge in [0.05, 0.1) is 0 Å². The second-order valence-electron chi connectivity index (χ2n) is 5.22. The molecule has 0 aliphatic rings. The Hall–Kier alpha value is -3.02. The molecule has 0 spiro atoms. The number of nitrogens with one attached hydrogen (secondary N) is 2. The molecule has 0 amide bonds. The van der Waals surface area contributed by atoms with Gasteiger partial charge in [0.15, 0.2) is 0 Å². The molecule has 2 aromatic carbocycles. The molecule has 24 heavy (non-hydrogen) atoms. The molecule has 0 bridgehead atoms. The molecule has 0 aliphatic heterocycles. The fourth-order valence-corrected chi connectivity index (χ4v) is 2.19. The zero-order valence-electron chi connectivity index (χ0n) is 12.8. The lowest BCUT2D eigenvalue weighted by molar-refractivity contribution is 0.627. The van der Waals surface area contributed by atoms with Crippen molar-refractivity contribution in [1.82, 2.24) is 9.97 Å². The molecule has 0 saturated carbocycles. The van der Waals surface area contributed by atoms with E-state index < -0.39 is 0 Å². The number of benzene rings is 2. The topological polar surface area (TPSA) is 49.8 Å². The smallest absolute Gasteiger partial charge is 0.135 e. The summed E-state index contributed by atoms with van der Waals surface area (Å²) in [6.07, 6.45) is 2.21. The van der Waals surface area contributed by atoms with Crippen LogP contribution < -0.4 is 10.6 Å². The van der Waals surface area contributed by atoms with Crippen molar-refractivity contribution in [2.75, 3.05) is 17.2 Å². The summed E-state index contributed by atoms with van der Waals surface area (Å²) in [7, 11) is 0. The molecule has 1 aromatic heterocycles. The zero-order chi connectivity index (χ0) is 16.8. The van der Waals surface area contributed by atoms with Gasteiger partial charge in [-0.1, -0.05) is 12.1 Å². The maximum atomic E-state index is 12.9. The van der Waals surface area contributed by atoms with E-state index in [1.807, 2.05) is 0 Å². The molecule has 2 N–H and O–H groups in total. The summed E-state index contributed by atoms with van der Waals surface area (Å²) in [4.78, 5) is 8.29. The van der Waals surface area contributed by atoms with Crippen molar-refractivity contribution in [3.05, 3.63) is 78.1 Å². The van der Waals surface area contributed by atoms with E-state index in [-0.39, 0.29) is 11.6 Å². The average Bonchev–Trinajstić information content (AvgIpc) is 2.59. The van der Waals surface area contributed by atoms with Gasteiger partial charge >= 0.3 is 0 Å². The highest BCUT2D eigenvalue weighted by molar-refractivity contribution is 5.58. The Morgan fingerprint density at radius 1 is 0.792 bits per heavy atom. The van der Waals surface area contributed by atoms with Gasteiger partial charge in [-0.15, -0.1) is 0 Å². The molecule has 3 rings (SSSR count). The first-order valence-corrected chi connectivity index (χ1v) is 7.52. The highest BCUT2D eigenvalue weighted by Gasteiger charge is 2.01. The zero-order valence-corrected chi connectivity index (χ0v) is 12.8. The van der Waals surface area contributed by atoms with Gasteiger partial charge in [0.25, 0.3) is 0 Å². The average molecular weight is 326 g/mol. The number of nitrogens with zero attached hydrogens (tertiary/aromatic N) is 2. The number of anilines is 3. The van der Waals surface area contributed by atoms with Gasteiger partial charge in [0.1, 0.15) is 29.6 Å². The van der Waals surface area contributed by atoms with Crippen LogP contribution in [0.3, 0.4) is 0 Å². The normalized spacial score (nSPS) is 10.4. The predicted molar refractivity (Wildman–Crippen MR) is 90.3 cm³/mol. The Balaban J connectivity index is 1.56. The second-order valence-corrected chi connectivity index (χ2v) is 5.22. The Bertz CT molecular complexity index is 789. The fourth-order valence-electron chi connectivity index (χ4n) is 2.19. The van der Waals surface area contributed by atoms with Crippen molar-refractivity contribution in [2.24, 2.45) is 0 Å². The van der Waals surface area contributed by atoms with Gasteiger partial charge in [-0.2, -0.15) is 0 Å². The Labute approximate surface area is 138 Å². The summed E-state index contributed by atoms with van der Waals surface area (Å²) in [5.41, 5.74) is 1.79. The highest BCUT2D eigenvalue weighted by Crippen LogP contribution is 2.16. The van der Waals surface area contributed by atoms with Crippen molar-refractivity contribution in [1.29, 1.82) is 0 Å². The molecular weight excluding hydrogens is 310 g/mol. The van der Waals surface area contributed by atoms with Crippen LogP contribution in [0, 0.1) is 11.6 Å². The minimum Gasteiger partial charge on any atom is -0.370 e. The molecular formula is C18H16F2N4. The quantitative estimate of drug-likeness (QED) is 0.714. The summed E-state index contributed by atoms with van der Waals surface area (Å²) in [5.74, 6) is 0.767. The molecule has 0 atom stereocenters. The Morgan fingerprint density at radius 2 is 1.42 bits per heavy atom. The molecule has 122 valence electrons. The molecule has 0 radical (unpaired) electrons. The van der Waals surface area contributed by atoms with E-state index in [9.17, 15) is 8.78 Å². The van der Waals surface area contributed by atoms with Gasteiger partial charge in [-0.25, -0.2) is 18.7 Å². The summed E-state index contributed by atoms with van der Waals surface area (Å²) >= 11 is 0. The number of rotatable bonds is 6. The van der Waals surface area contributed by atoms with E-state index in [2.05, 4.69) is 20.6 Å². The largest absolute Gasteiger partial charge is 0.370 e. The molecule has 0 aliphatic carbocycles. The third-order valence-electron chi connectivity index (χ3n) is 3.42. The Kier molecular flexibility index (Phi) is 4.96. The second kappa shape index (κ2) is 7.50. The van der Waals surface area contributed by atoms with Gasteiger partial charge in [0, 0.05) is 18.3 Å². The first-order valence-electron chi connectivity index (χ1n) is 7.52. The molecule has 0 unspecified atom stereocenters. The van der Waals surface area contributed by atoms with Crippen LogP contribution in [0.1, 0.15) is 5.56 Å². The van der Waals surface area contributed by atoms with E-state index >= 15 is 0 Å². The molecule has 3 aromatic rings. The van der Waals surface area contributed by atoms with Crippen molar-refractivity contribution >= 4 is 17.3 Å². The van der Waals surface area contributed by atoms with Gasteiger partial charge in [-0.3, -0.25) is 0 Å². The van der Waals surface area contributed by atoms with Gasteiger partial charge < -0.3 is 10.6 Å². The molecule has 4 nitrogen and oxygen atoms in total. The first-order chi connectivity index (χ1) is 11.7. The number of hydrogen-bond acceptors (Lipinski definition) is 4. The van der Waals surface area contributed by atoms with Crippen LogP contribution in [0.4, 0.5) is 26.1 Å². The lowest BCUT2D eigenvalue weighted by Gasteiger charge is -2.09. The molecule has 0 fully saturated rings. The summed E-state index contributed by atoms with van der Waals surface area (Å²) in [5, 5.41) is 6.28. The van der Waals surface area contributed by atoms with Crippen LogP contribution in [-0.4, -0.2) is 16.5 Å². The summed E-state index contributed by atoms with van der Waals surface area (Å²) < 4.78 is 25.8. The van der Waals surface area contributed by atoms with Crippen molar-refractivity contribution < 1.29 is 8.78 Å². The van der Waals surface area contributed by atoms with Crippen LogP contribution in [0.25, 0.3) is 0 Å². The maximum Gasteiger partial charge on any atom is 0.135 e. The highest BCUT2D eigenvalue weighted by atomic mass is 19.1.